The summed E-state index contributed by atoms with van der Waals surface area (Å²) in [7, 11) is 0. The van der Waals surface area contributed by atoms with Crippen LogP contribution in [0.5, 0.6) is 0 Å². The molecule has 0 amide bonds. The molecule has 0 bridgehead atoms. The molecule has 68 valence electrons. The van der Waals surface area contributed by atoms with Gasteiger partial charge in [0.15, 0.2) is 5.65 Å². The van der Waals surface area contributed by atoms with Gasteiger partial charge in [-0.3, -0.25) is 0 Å². The fourth-order valence-corrected chi connectivity index (χ4v) is 1.33. The van der Waals surface area contributed by atoms with Crippen LogP contribution in [0, 0.1) is 6.92 Å². The van der Waals surface area contributed by atoms with Gasteiger partial charge in [0.1, 0.15) is 0 Å². The molecule has 0 aromatic carbocycles. The summed E-state index contributed by atoms with van der Waals surface area (Å²) in [5, 5.41) is 4.38. The van der Waals surface area contributed by atoms with Crippen LogP contribution in [-0.2, 0) is 6.42 Å². The Balaban J connectivity index is 2.55. The summed E-state index contributed by atoms with van der Waals surface area (Å²) in [5.74, 6) is 0. The first-order valence-electron chi connectivity index (χ1n) is 4.31. The van der Waals surface area contributed by atoms with Crippen LogP contribution in [-0.4, -0.2) is 21.1 Å². The van der Waals surface area contributed by atoms with Crippen molar-refractivity contribution in [1.29, 1.82) is 0 Å². The molecule has 0 atom stereocenters. The van der Waals surface area contributed by atoms with Crippen molar-refractivity contribution < 1.29 is 0 Å². The van der Waals surface area contributed by atoms with Crippen LogP contribution in [0.2, 0.25) is 0 Å². The van der Waals surface area contributed by atoms with E-state index < -0.39 is 0 Å². The fraction of sp³-hybridized carbons (Fsp3) is 0.333. The van der Waals surface area contributed by atoms with Gasteiger partial charge >= 0.3 is 0 Å². The number of rotatable bonds is 2. The summed E-state index contributed by atoms with van der Waals surface area (Å²) in [4.78, 5) is 4.20. The number of nitrogens with zero attached hydrogens (tertiary/aromatic N) is 3. The maximum Gasteiger partial charge on any atom is 0.155 e. The topological polar surface area (TPSA) is 56.2 Å². The van der Waals surface area contributed by atoms with Crippen molar-refractivity contribution in [3.05, 3.63) is 29.7 Å². The number of hydrogen-bond donors (Lipinski definition) is 1. The molecular formula is C9H12N4. The average molecular weight is 176 g/mol. The summed E-state index contributed by atoms with van der Waals surface area (Å²) in [6.07, 6.45) is 2.60. The highest BCUT2D eigenvalue weighted by Gasteiger charge is 2.02. The van der Waals surface area contributed by atoms with Gasteiger partial charge in [0.2, 0.25) is 0 Å². The Labute approximate surface area is 76.4 Å². The smallest absolute Gasteiger partial charge is 0.155 e. The van der Waals surface area contributed by atoms with Crippen molar-refractivity contribution in [1.82, 2.24) is 14.6 Å². The Morgan fingerprint density at radius 3 is 3.08 bits per heavy atom. The van der Waals surface area contributed by atoms with Crippen LogP contribution in [0.15, 0.2) is 18.3 Å². The molecule has 2 heterocycles. The molecule has 0 aliphatic rings. The number of aromatic nitrogens is 3. The number of hydrogen-bond acceptors (Lipinski definition) is 3. The highest BCUT2D eigenvalue weighted by molar-refractivity contribution is 5.39. The number of fused-ring (bicyclic) bond motifs is 1. The zero-order chi connectivity index (χ0) is 9.26. The molecule has 0 spiro atoms. The fourth-order valence-electron chi connectivity index (χ4n) is 1.33. The predicted octanol–water partition coefficient (Wildman–Crippen LogP) is 0.539. The SMILES string of the molecule is Cc1ccnc2cc(CCN)nn12. The number of nitrogens with two attached hydrogens (primary N) is 1. The van der Waals surface area contributed by atoms with Crippen molar-refractivity contribution in [2.45, 2.75) is 13.3 Å². The Kier molecular flexibility index (Phi) is 1.98. The summed E-state index contributed by atoms with van der Waals surface area (Å²) >= 11 is 0. The molecule has 2 aromatic rings. The Morgan fingerprint density at radius 2 is 2.38 bits per heavy atom. The third-order valence-corrected chi connectivity index (χ3v) is 2.00. The van der Waals surface area contributed by atoms with Crippen molar-refractivity contribution >= 4 is 5.65 Å². The molecule has 4 nitrogen and oxygen atoms in total. The van der Waals surface area contributed by atoms with Crippen LogP contribution in [0.3, 0.4) is 0 Å². The van der Waals surface area contributed by atoms with Crippen LogP contribution in [0.4, 0.5) is 0 Å². The van der Waals surface area contributed by atoms with E-state index in [1.807, 2.05) is 23.6 Å². The lowest BCUT2D eigenvalue weighted by atomic mass is 10.3. The third kappa shape index (κ3) is 1.40. The van der Waals surface area contributed by atoms with E-state index in [-0.39, 0.29) is 0 Å². The quantitative estimate of drug-likeness (QED) is 0.726. The molecular weight excluding hydrogens is 164 g/mol. The molecule has 2 aromatic heterocycles. The Bertz CT molecular complexity index is 418. The highest BCUT2D eigenvalue weighted by atomic mass is 15.3. The lowest BCUT2D eigenvalue weighted by Crippen LogP contribution is -2.03. The van der Waals surface area contributed by atoms with E-state index in [0.29, 0.717) is 6.54 Å². The van der Waals surface area contributed by atoms with Crippen molar-refractivity contribution in [2.75, 3.05) is 6.54 Å². The van der Waals surface area contributed by atoms with Gasteiger partial charge in [-0.15, -0.1) is 0 Å². The van der Waals surface area contributed by atoms with Crippen molar-refractivity contribution in [2.24, 2.45) is 5.73 Å². The van der Waals surface area contributed by atoms with E-state index in [9.17, 15) is 0 Å². The molecule has 2 rings (SSSR count). The monoisotopic (exact) mass is 176 g/mol. The lowest BCUT2D eigenvalue weighted by Gasteiger charge is -1.95. The first kappa shape index (κ1) is 8.19. The highest BCUT2D eigenvalue weighted by Crippen LogP contribution is 2.05. The molecule has 0 radical (unpaired) electrons. The molecule has 4 heteroatoms. The first-order chi connectivity index (χ1) is 6.31. The molecule has 0 aliphatic carbocycles. The van der Waals surface area contributed by atoms with Gasteiger partial charge in [-0.25, -0.2) is 9.50 Å². The zero-order valence-corrected chi connectivity index (χ0v) is 7.57. The molecule has 0 fully saturated rings. The molecule has 0 saturated carbocycles. The van der Waals surface area contributed by atoms with Gasteiger partial charge in [-0.2, -0.15) is 5.10 Å². The zero-order valence-electron chi connectivity index (χ0n) is 7.57. The summed E-state index contributed by atoms with van der Waals surface area (Å²) in [5.41, 5.74) is 8.44. The average Bonchev–Trinajstić information content (AvgIpc) is 2.49. The molecule has 0 unspecified atom stereocenters. The van der Waals surface area contributed by atoms with Crippen LogP contribution in [0.1, 0.15) is 11.4 Å². The van der Waals surface area contributed by atoms with Gasteiger partial charge < -0.3 is 5.73 Å². The molecule has 13 heavy (non-hydrogen) atoms. The second-order valence-electron chi connectivity index (χ2n) is 3.03. The molecule has 2 N–H and O–H groups in total. The van der Waals surface area contributed by atoms with Crippen molar-refractivity contribution in [3.8, 4) is 0 Å². The van der Waals surface area contributed by atoms with Crippen LogP contribution < -0.4 is 5.73 Å². The van der Waals surface area contributed by atoms with E-state index >= 15 is 0 Å². The molecule has 0 aliphatic heterocycles. The van der Waals surface area contributed by atoms with Gasteiger partial charge in [-0.05, 0) is 19.5 Å². The Hall–Kier alpha value is -1.42. The van der Waals surface area contributed by atoms with Gasteiger partial charge in [0, 0.05) is 24.4 Å². The first-order valence-corrected chi connectivity index (χ1v) is 4.31. The summed E-state index contributed by atoms with van der Waals surface area (Å²) in [6.45, 7) is 2.64. The predicted molar refractivity (Wildman–Crippen MR) is 50.5 cm³/mol. The minimum atomic E-state index is 0.628. The van der Waals surface area contributed by atoms with Gasteiger partial charge in [0.05, 0.1) is 5.69 Å². The minimum Gasteiger partial charge on any atom is -0.330 e. The third-order valence-electron chi connectivity index (χ3n) is 2.00. The second-order valence-corrected chi connectivity index (χ2v) is 3.03. The minimum absolute atomic E-state index is 0.628. The van der Waals surface area contributed by atoms with E-state index in [1.54, 1.807) is 6.20 Å². The van der Waals surface area contributed by atoms with E-state index in [4.69, 9.17) is 5.73 Å². The largest absolute Gasteiger partial charge is 0.330 e. The van der Waals surface area contributed by atoms with Gasteiger partial charge in [0.25, 0.3) is 0 Å². The van der Waals surface area contributed by atoms with Crippen molar-refractivity contribution in [3.63, 3.8) is 0 Å². The van der Waals surface area contributed by atoms with E-state index in [0.717, 1.165) is 23.5 Å². The lowest BCUT2D eigenvalue weighted by molar-refractivity contribution is 0.833. The van der Waals surface area contributed by atoms with Gasteiger partial charge in [-0.1, -0.05) is 0 Å². The Morgan fingerprint density at radius 1 is 1.54 bits per heavy atom. The number of aryl methyl sites for hydroxylation is 1. The standard InChI is InChI=1S/C9H12N4/c1-7-3-5-11-9-6-8(2-4-10)12-13(7)9/h3,5-6H,2,4,10H2,1H3. The maximum absolute atomic E-state index is 5.45. The van der Waals surface area contributed by atoms with E-state index in [1.165, 1.54) is 0 Å². The van der Waals surface area contributed by atoms with E-state index in [2.05, 4.69) is 10.1 Å². The summed E-state index contributed by atoms with van der Waals surface area (Å²) < 4.78 is 1.84. The van der Waals surface area contributed by atoms with Crippen LogP contribution >= 0.6 is 0 Å². The normalized spacial score (nSPS) is 10.9. The maximum atomic E-state index is 5.45. The second kappa shape index (κ2) is 3.14. The summed E-state index contributed by atoms with van der Waals surface area (Å²) in [6, 6.07) is 3.91. The van der Waals surface area contributed by atoms with Crippen LogP contribution in [0.25, 0.3) is 5.65 Å². The molecule has 0 saturated heterocycles.